The lowest BCUT2D eigenvalue weighted by molar-refractivity contribution is 1.14. The van der Waals surface area contributed by atoms with Crippen molar-refractivity contribution in [3.63, 3.8) is 0 Å². The monoisotopic (exact) mass is 1840 g/mol. The number of hydrogen-bond acceptors (Lipinski definition) is 20. The maximum atomic E-state index is 4.85. The van der Waals surface area contributed by atoms with Crippen LogP contribution in [0.5, 0.6) is 0 Å². The predicted octanol–water partition coefficient (Wildman–Crippen LogP) is 10.9. The van der Waals surface area contributed by atoms with Gasteiger partial charge in [0.15, 0.2) is 0 Å². The largest absolute Gasteiger partial charge is 0.344 e. The van der Waals surface area contributed by atoms with E-state index >= 15 is 0 Å². The molecule has 0 rings (SSSR count). The van der Waals surface area contributed by atoms with Gasteiger partial charge in [-0.05, 0) is 78.5 Å². The van der Waals surface area contributed by atoms with E-state index in [-0.39, 0.29) is 343 Å². The Morgan fingerprint density at radius 2 is 0.141 bits per heavy atom. The second kappa shape index (κ2) is 929. The summed E-state index contributed by atoms with van der Waals surface area (Å²) in [5, 5.41) is 0. The molecule has 0 saturated carbocycles. The first-order valence-electron chi connectivity index (χ1n) is 13.4. The van der Waals surface area contributed by atoms with E-state index in [1.165, 1.54) is 0 Å². The van der Waals surface area contributed by atoms with Crippen LogP contribution in [0.4, 0.5) is 0 Å². The first-order valence-corrected chi connectivity index (χ1v) is 13.4. The molecule has 0 aliphatic carbocycles. The van der Waals surface area contributed by atoms with Crippen molar-refractivity contribution in [3.8, 4) is 0 Å². The van der Waals surface area contributed by atoms with Crippen LogP contribution >= 0.6 is 294 Å². The molecule has 0 heterocycles. The smallest absolute Gasteiger partial charge is 0.0106 e. The number of nitrogens with two attached hydrogens (primary N) is 12. The molecule has 0 bridgehead atoms. The highest BCUT2D eigenvalue weighted by molar-refractivity contribution is 8.94. The predicted molar refractivity (Wildman–Crippen MR) is 393 cm³/mol. The lowest BCUT2D eigenvalue weighted by Crippen LogP contribution is -1.87. The summed E-state index contributed by atoms with van der Waals surface area (Å²) in [5.74, 6) is 0. The Bertz CT molecular complexity index is 164. The molecule has 0 aliphatic rings. The zero-order valence-electron chi connectivity index (χ0n) is 41.2. The second-order valence-electron chi connectivity index (χ2n) is 4.90. The van der Waals surface area contributed by atoms with E-state index in [0.717, 1.165) is 78.5 Å². The van der Waals surface area contributed by atoms with Crippen LogP contribution in [0, 0.1) is 0 Å². The van der Waals surface area contributed by atoms with Gasteiger partial charge in [-0.1, -0.05) is 83.1 Å². The molecule has 0 radical (unpaired) electrons. The highest BCUT2D eigenvalue weighted by Crippen LogP contribution is 1.23. The van der Waals surface area contributed by atoms with E-state index < -0.39 is 0 Å². The van der Waals surface area contributed by atoms with Gasteiger partial charge in [0, 0.05) is 0 Å². The lowest BCUT2D eigenvalue weighted by atomic mass is 10.8. The van der Waals surface area contributed by atoms with Crippen molar-refractivity contribution in [2.45, 2.75) is 83.1 Å². The van der Waals surface area contributed by atoms with Crippen LogP contribution < -0.4 is 118 Å². The molecule has 0 amide bonds. The molecule has 0 aromatic heterocycles. The average Bonchev–Trinajstić information content (AvgIpc) is 2.75. The highest BCUT2D eigenvalue weighted by Gasteiger charge is 1.35. The van der Waals surface area contributed by atoms with Gasteiger partial charge in [0.05, 0.1) is 0 Å². The Morgan fingerprint density at radius 1 is 0.141 bits per heavy atom. The zero-order valence-corrected chi connectivity index (χ0v) is 66.5. The van der Waals surface area contributed by atoms with Crippen molar-refractivity contribution in [2.24, 2.45) is 68.8 Å². The van der Waals surface area contributed by atoms with E-state index in [9.17, 15) is 0 Å². The zero-order chi connectivity index (χ0) is 32.5. The van der Waals surface area contributed by atoms with Crippen LogP contribution in [0.2, 0.25) is 0 Å². The minimum absolute atomic E-state index is 0. The van der Waals surface area contributed by atoms with E-state index in [1.807, 2.05) is 83.1 Å². The van der Waals surface area contributed by atoms with Crippen molar-refractivity contribution < 1.29 is 0 Å². The molecular formula is C24H128Br10Cl10N20. The molecule has 0 aromatic carbocycles. The van der Waals surface area contributed by atoms with Gasteiger partial charge < -0.3 is 118 Å². The first-order chi connectivity index (χ1) is 17.0. The Labute approximate surface area is 566 Å². The lowest BCUT2D eigenvalue weighted by Gasteiger charge is -1.53. The SMILES string of the molecule is Br.Br.Br.Br.Br.Br.Br.Br.Br.Br.CCN.CCN.CCN.CCN.CCN.CCN.CCN.CCN.CCN.CCN.CCN.CCN.Cl.Cl.Cl.Cl.Cl.Cl.Cl.Cl.Cl.Cl.N.N.N.N.N.N.N.N. The van der Waals surface area contributed by atoms with Crippen LogP contribution in [-0.2, 0) is 0 Å². The summed E-state index contributed by atoms with van der Waals surface area (Å²) in [6.07, 6.45) is 0. The average molecular weight is 1850 g/mol. The molecule has 0 saturated heterocycles. The maximum Gasteiger partial charge on any atom is -0.0106 e. The summed E-state index contributed by atoms with van der Waals surface area (Å²) < 4.78 is 0. The van der Waals surface area contributed by atoms with E-state index in [2.05, 4.69) is 0 Å². The van der Waals surface area contributed by atoms with Gasteiger partial charge in [0.2, 0.25) is 0 Å². The van der Waals surface area contributed by atoms with Crippen LogP contribution in [0.3, 0.4) is 0 Å². The summed E-state index contributed by atoms with van der Waals surface area (Å²) in [4.78, 5) is 0. The third kappa shape index (κ3) is 6670. The number of hydrogen-bond donors (Lipinski definition) is 20. The van der Waals surface area contributed by atoms with E-state index in [4.69, 9.17) is 68.8 Å². The van der Waals surface area contributed by atoms with Crippen molar-refractivity contribution in [1.29, 1.82) is 0 Å². The molecule has 48 N–H and O–H groups in total. The van der Waals surface area contributed by atoms with Crippen LogP contribution in [0.15, 0.2) is 0 Å². The normalized spacial score (nSPS) is 3.38. The van der Waals surface area contributed by atoms with Crippen molar-refractivity contribution >= 4 is 294 Å². The molecule has 0 atom stereocenters. The van der Waals surface area contributed by atoms with Crippen LogP contribution in [0.25, 0.3) is 0 Å². The Morgan fingerprint density at radius 3 is 0.141 bits per heavy atom. The molecule has 40 heteroatoms. The minimum Gasteiger partial charge on any atom is -0.344 e. The summed E-state index contributed by atoms with van der Waals surface area (Å²) in [7, 11) is 0. The van der Waals surface area contributed by atoms with Gasteiger partial charge in [0.25, 0.3) is 0 Å². The Hall–Kier alpha value is 6.90. The highest BCUT2D eigenvalue weighted by atomic mass is 79.9. The molecule has 0 spiro atoms. The van der Waals surface area contributed by atoms with Gasteiger partial charge in [0.1, 0.15) is 0 Å². The summed E-state index contributed by atoms with van der Waals surface area (Å²) in [6.45, 7) is 31.8. The van der Waals surface area contributed by atoms with Crippen LogP contribution in [-0.4, -0.2) is 78.5 Å². The standard InChI is InChI=1S/12C2H7N.10BrH.10ClH.8H3N/c12*1-2-3;;;;;;;;;;;;;;;;;;;;;;;;;;;;/h12*2-3H2,1H3;20*1H;8*1H3. The van der Waals surface area contributed by atoms with Gasteiger partial charge >= 0.3 is 0 Å². The van der Waals surface area contributed by atoms with Gasteiger partial charge in [-0.25, -0.2) is 0 Å². The van der Waals surface area contributed by atoms with Gasteiger partial charge in [-0.3, -0.25) is 0 Å². The maximum absolute atomic E-state index is 4.85. The third-order valence-electron chi connectivity index (χ3n) is 0. The van der Waals surface area contributed by atoms with Gasteiger partial charge in [-0.15, -0.1) is 294 Å². The number of halogens is 20. The summed E-state index contributed by atoms with van der Waals surface area (Å²) in [5.41, 5.74) is 58.2. The summed E-state index contributed by atoms with van der Waals surface area (Å²) >= 11 is 0. The Kier molecular flexibility index (Phi) is 5270. The molecule has 464 valence electrons. The molecule has 0 unspecified atom stereocenters. The van der Waals surface area contributed by atoms with Gasteiger partial charge in [-0.2, -0.15) is 0 Å². The molecule has 20 nitrogen and oxygen atoms in total. The minimum atomic E-state index is 0. The van der Waals surface area contributed by atoms with E-state index in [0.29, 0.717) is 0 Å². The molecule has 64 heavy (non-hydrogen) atoms. The van der Waals surface area contributed by atoms with Crippen molar-refractivity contribution in [3.05, 3.63) is 0 Å². The molecule has 0 aromatic rings. The molecular weight excluding hydrogens is 1720 g/mol. The third-order valence-corrected chi connectivity index (χ3v) is 0. The van der Waals surface area contributed by atoms with E-state index in [1.54, 1.807) is 0 Å². The fourth-order valence-electron chi connectivity index (χ4n) is 0. The van der Waals surface area contributed by atoms with Crippen molar-refractivity contribution in [2.75, 3.05) is 78.5 Å². The topological polar surface area (TPSA) is 592 Å². The number of rotatable bonds is 0. The second-order valence-corrected chi connectivity index (χ2v) is 4.90. The van der Waals surface area contributed by atoms with Crippen LogP contribution in [0.1, 0.15) is 83.1 Å². The quantitative estimate of drug-likeness (QED) is 0.107. The molecule has 0 fully saturated rings. The first kappa shape index (κ1) is 363. The Balaban J connectivity index is -0.00000000248. The van der Waals surface area contributed by atoms with Crippen molar-refractivity contribution in [1.82, 2.24) is 49.2 Å². The fraction of sp³-hybridized carbons (Fsp3) is 1.00. The summed E-state index contributed by atoms with van der Waals surface area (Å²) in [6, 6.07) is 0. The molecule has 0 aliphatic heterocycles. The fourth-order valence-corrected chi connectivity index (χ4v) is 0.